The number of piperidine rings is 1. The number of anilines is 1. The normalized spacial score (nSPS) is 17.4. The maximum atomic E-state index is 4.34. The number of thiophene rings is 1. The topological polar surface area (TPSA) is 51.7 Å². The van der Waals surface area contributed by atoms with Gasteiger partial charge in [0.25, 0.3) is 0 Å². The van der Waals surface area contributed by atoms with Crippen LogP contribution in [0.4, 0.5) is 5.00 Å². The van der Waals surface area contributed by atoms with E-state index in [4.69, 9.17) is 0 Å². The Bertz CT molecular complexity index is 470. The Morgan fingerprint density at radius 1 is 1.30 bits per heavy atom. The zero-order valence-corrected chi connectivity index (χ0v) is 15.7. The first-order chi connectivity index (χ1) is 11.0. The van der Waals surface area contributed by atoms with Crippen LogP contribution in [0.2, 0.25) is 0 Å². The summed E-state index contributed by atoms with van der Waals surface area (Å²) < 4.78 is 0. The Kier molecular flexibility index (Phi) is 6.72. The number of nitrogens with zero attached hydrogens (tertiary/aromatic N) is 2. The lowest BCUT2D eigenvalue weighted by molar-refractivity contribution is 0.426. The quantitative estimate of drug-likeness (QED) is 0.438. The first-order valence-corrected chi connectivity index (χ1v) is 9.36. The zero-order chi connectivity index (χ0) is 16.7. The van der Waals surface area contributed by atoms with Gasteiger partial charge in [0.05, 0.1) is 5.00 Å². The van der Waals surface area contributed by atoms with E-state index in [9.17, 15) is 0 Å². The van der Waals surface area contributed by atoms with Gasteiger partial charge in [-0.25, -0.2) is 0 Å². The predicted octanol–water partition coefficient (Wildman–Crippen LogP) is 2.27. The van der Waals surface area contributed by atoms with Crippen LogP contribution < -0.4 is 20.9 Å². The summed E-state index contributed by atoms with van der Waals surface area (Å²) in [7, 11) is 1.84. The third-order valence-electron chi connectivity index (χ3n) is 3.95. The van der Waals surface area contributed by atoms with E-state index in [-0.39, 0.29) is 5.54 Å². The highest BCUT2D eigenvalue weighted by Crippen LogP contribution is 2.24. The second-order valence-corrected chi connectivity index (χ2v) is 7.96. The monoisotopic (exact) mass is 337 g/mol. The van der Waals surface area contributed by atoms with Gasteiger partial charge in [-0.1, -0.05) is 0 Å². The van der Waals surface area contributed by atoms with Crippen molar-refractivity contribution in [2.24, 2.45) is 4.99 Å². The van der Waals surface area contributed by atoms with Gasteiger partial charge in [-0.15, -0.1) is 11.3 Å². The molecule has 0 aromatic carbocycles. The second-order valence-electron chi connectivity index (χ2n) is 7.03. The molecule has 0 spiro atoms. The highest BCUT2D eigenvalue weighted by Gasteiger charge is 2.20. The maximum Gasteiger partial charge on any atom is 0.191 e. The molecule has 1 fully saturated rings. The van der Waals surface area contributed by atoms with Gasteiger partial charge in [0.1, 0.15) is 0 Å². The van der Waals surface area contributed by atoms with Crippen molar-refractivity contribution < 1.29 is 0 Å². The summed E-state index contributed by atoms with van der Waals surface area (Å²) in [6, 6.07) is 4.84. The molecule has 6 heteroatoms. The summed E-state index contributed by atoms with van der Waals surface area (Å²) in [6.45, 7) is 10.6. The van der Waals surface area contributed by atoms with Crippen LogP contribution in [0, 0.1) is 0 Å². The third kappa shape index (κ3) is 6.39. The van der Waals surface area contributed by atoms with Crippen LogP contribution in [-0.4, -0.2) is 50.8 Å². The number of aliphatic imine (C=N–C) groups is 1. The Balaban J connectivity index is 1.67. The van der Waals surface area contributed by atoms with Gasteiger partial charge in [0.2, 0.25) is 0 Å². The lowest BCUT2D eigenvalue weighted by Gasteiger charge is -2.33. The Labute approximate surface area is 144 Å². The number of hydrogen-bond acceptors (Lipinski definition) is 4. The molecule has 0 saturated carbocycles. The molecule has 0 aliphatic carbocycles. The fraction of sp³-hybridized carbons (Fsp3) is 0.706. The van der Waals surface area contributed by atoms with Crippen LogP contribution in [0.5, 0.6) is 0 Å². The van der Waals surface area contributed by atoms with E-state index in [1.54, 1.807) is 0 Å². The molecule has 1 saturated heterocycles. The molecule has 1 aromatic rings. The minimum absolute atomic E-state index is 0.160. The molecule has 2 heterocycles. The zero-order valence-electron chi connectivity index (χ0n) is 14.9. The number of hydrogen-bond donors (Lipinski definition) is 3. The van der Waals surface area contributed by atoms with E-state index < -0.39 is 0 Å². The smallest absolute Gasteiger partial charge is 0.191 e. The summed E-state index contributed by atoms with van der Waals surface area (Å²) in [5.41, 5.74) is 0.160. The molecule has 2 rings (SSSR count). The van der Waals surface area contributed by atoms with Crippen LogP contribution in [-0.2, 0) is 0 Å². The van der Waals surface area contributed by atoms with Crippen molar-refractivity contribution in [1.82, 2.24) is 16.0 Å². The van der Waals surface area contributed by atoms with Gasteiger partial charge in [0.15, 0.2) is 5.96 Å². The van der Waals surface area contributed by atoms with Crippen LogP contribution in [0.25, 0.3) is 0 Å². The first kappa shape index (κ1) is 18.1. The van der Waals surface area contributed by atoms with Crippen molar-refractivity contribution in [3.63, 3.8) is 0 Å². The van der Waals surface area contributed by atoms with Crippen LogP contribution in [0.3, 0.4) is 0 Å². The highest BCUT2D eigenvalue weighted by molar-refractivity contribution is 7.14. The van der Waals surface area contributed by atoms with Gasteiger partial charge in [-0.2, -0.15) is 0 Å². The number of rotatable bonds is 5. The second kappa shape index (κ2) is 8.55. The summed E-state index contributed by atoms with van der Waals surface area (Å²) in [6.07, 6.45) is 2.30. The van der Waals surface area contributed by atoms with Crippen molar-refractivity contribution in [3.05, 3.63) is 17.5 Å². The molecule has 1 aromatic heterocycles. The Hall–Kier alpha value is -1.27. The van der Waals surface area contributed by atoms with Crippen molar-refractivity contribution in [1.29, 1.82) is 0 Å². The van der Waals surface area contributed by atoms with Crippen LogP contribution in [0.15, 0.2) is 22.5 Å². The molecule has 3 N–H and O–H groups in total. The molecule has 0 radical (unpaired) electrons. The summed E-state index contributed by atoms with van der Waals surface area (Å²) in [5, 5.41) is 14.0. The van der Waals surface area contributed by atoms with E-state index >= 15 is 0 Å². The molecular formula is C17H31N5S. The maximum absolute atomic E-state index is 4.34. The van der Waals surface area contributed by atoms with E-state index in [1.165, 1.54) is 5.00 Å². The van der Waals surface area contributed by atoms with Gasteiger partial charge in [-0.3, -0.25) is 4.99 Å². The average molecular weight is 338 g/mol. The van der Waals surface area contributed by atoms with E-state index in [0.29, 0.717) is 6.04 Å². The van der Waals surface area contributed by atoms with Gasteiger partial charge in [-0.05, 0) is 51.1 Å². The summed E-state index contributed by atoms with van der Waals surface area (Å²) in [4.78, 5) is 6.82. The molecule has 0 unspecified atom stereocenters. The minimum atomic E-state index is 0.160. The molecule has 1 aliphatic heterocycles. The van der Waals surface area contributed by atoms with Crippen molar-refractivity contribution >= 4 is 22.3 Å². The molecule has 130 valence electrons. The van der Waals surface area contributed by atoms with Gasteiger partial charge < -0.3 is 20.9 Å². The van der Waals surface area contributed by atoms with Crippen LogP contribution in [0.1, 0.15) is 33.6 Å². The molecule has 5 nitrogen and oxygen atoms in total. The largest absolute Gasteiger partial charge is 0.363 e. The fourth-order valence-corrected chi connectivity index (χ4v) is 3.49. The SMILES string of the molecule is CN=C(NCCNC(C)(C)C)NC1CCN(c2cccs2)CC1. The standard InChI is InChI=1S/C17H31N5S/c1-17(2,3)20-10-9-19-16(18-4)21-14-7-11-22(12-8-14)15-6-5-13-23-15/h5-6,13-14,20H,7-12H2,1-4H3,(H2,18,19,21). The predicted molar refractivity (Wildman–Crippen MR) is 102 cm³/mol. The Morgan fingerprint density at radius 3 is 2.61 bits per heavy atom. The number of nitrogens with one attached hydrogen (secondary N) is 3. The lowest BCUT2D eigenvalue weighted by Crippen LogP contribution is -2.50. The highest BCUT2D eigenvalue weighted by atomic mass is 32.1. The minimum Gasteiger partial charge on any atom is -0.363 e. The third-order valence-corrected chi connectivity index (χ3v) is 4.88. The van der Waals surface area contributed by atoms with Crippen LogP contribution >= 0.6 is 11.3 Å². The van der Waals surface area contributed by atoms with E-state index in [1.807, 2.05) is 18.4 Å². The molecule has 1 aliphatic rings. The molecule has 23 heavy (non-hydrogen) atoms. The van der Waals surface area contributed by atoms with E-state index in [2.05, 4.69) is 64.1 Å². The Morgan fingerprint density at radius 2 is 2.04 bits per heavy atom. The number of guanidine groups is 1. The summed E-state index contributed by atoms with van der Waals surface area (Å²) in [5.74, 6) is 0.912. The van der Waals surface area contributed by atoms with E-state index in [0.717, 1.165) is 45.0 Å². The van der Waals surface area contributed by atoms with Gasteiger partial charge in [0, 0.05) is 44.8 Å². The molecule has 0 bridgehead atoms. The van der Waals surface area contributed by atoms with Crippen molar-refractivity contribution in [2.75, 3.05) is 38.1 Å². The molecular weight excluding hydrogens is 306 g/mol. The first-order valence-electron chi connectivity index (χ1n) is 8.48. The molecule has 0 amide bonds. The fourth-order valence-electron chi connectivity index (χ4n) is 2.70. The van der Waals surface area contributed by atoms with Crippen molar-refractivity contribution in [3.8, 4) is 0 Å². The lowest BCUT2D eigenvalue weighted by atomic mass is 10.1. The molecule has 0 atom stereocenters. The van der Waals surface area contributed by atoms with Crippen molar-refractivity contribution in [2.45, 2.75) is 45.2 Å². The summed E-state index contributed by atoms with van der Waals surface area (Å²) >= 11 is 1.83. The van der Waals surface area contributed by atoms with Gasteiger partial charge >= 0.3 is 0 Å². The average Bonchev–Trinajstić information content (AvgIpc) is 3.04.